The third-order valence-electron chi connectivity index (χ3n) is 4.44. The van der Waals surface area contributed by atoms with Crippen molar-refractivity contribution in [1.29, 1.82) is 0 Å². The first-order chi connectivity index (χ1) is 12.6. The van der Waals surface area contributed by atoms with E-state index in [1.807, 2.05) is 23.9 Å². The molecule has 26 heavy (non-hydrogen) atoms. The molecule has 0 aliphatic rings. The first kappa shape index (κ1) is 18.4. The van der Waals surface area contributed by atoms with Gasteiger partial charge in [0.2, 0.25) is 0 Å². The predicted octanol–water partition coefficient (Wildman–Crippen LogP) is 6.12. The quantitative estimate of drug-likeness (QED) is 0.511. The van der Waals surface area contributed by atoms with E-state index in [0.717, 1.165) is 17.2 Å². The Hall–Kier alpha value is -2.39. The number of anilines is 1. The number of hydrogen-bond acceptors (Lipinski definition) is 3. The molecule has 0 fully saturated rings. The Morgan fingerprint density at radius 2 is 1.65 bits per heavy atom. The molecular weight excluding hydrogens is 338 g/mol. The van der Waals surface area contributed by atoms with Crippen LogP contribution in [0.4, 0.5) is 5.69 Å². The molecular formula is C23H25NOS. The molecule has 3 rings (SSSR count). The zero-order valence-electron chi connectivity index (χ0n) is 15.5. The van der Waals surface area contributed by atoms with Crippen LogP contribution in [0.25, 0.3) is 0 Å². The number of aryl methyl sites for hydroxylation is 1. The number of thioether (sulfide) groups is 1. The van der Waals surface area contributed by atoms with Gasteiger partial charge >= 0.3 is 0 Å². The van der Waals surface area contributed by atoms with Crippen LogP contribution in [-0.4, -0.2) is 12.9 Å². The minimum absolute atomic E-state index is 0.190. The highest BCUT2D eigenvalue weighted by Gasteiger charge is 2.26. The van der Waals surface area contributed by atoms with Crippen molar-refractivity contribution in [1.82, 2.24) is 0 Å². The van der Waals surface area contributed by atoms with E-state index in [-0.39, 0.29) is 5.54 Å². The van der Waals surface area contributed by atoms with Crippen molar-refractivity contribution in [2.24, 2.45) is 0 Å². The molecule has 2 nitrogen and oxygen atoms in total. The molecule has 134 valence electrons. The normalized spacial score (nSPS) is 13.0. The van der Waals surface area contributed by atoms with Crippen LogP contribution in [-0.2, 0) is 5.54 Å². The Bertz CT molecular complexity index is 832. The maximum atomic E-state index is 5.27. The molecule has 0 heterocycles. The lowest BCUT2D eigenvalue weighted by atomic mass is 9.93. The molecule has 0 aliphatic carbocycles. The Morgan fingerprint density at radius 1 is 0.923 bits per heavy atom. The molecule has 0 saturated carbocycles. The molecule has 0 aromatic heterocycles. The van der Waals surface area contributed by atoms with Crippen LogP contribution >= 0.6 is 11.8 Å². The predicted molar refractivity (Wildman–Crippen MR) is 112 cm³/mol. The fourth-order valence-electron chi connectivity index (χ4n) is 2.92. The molecule has 3 aromatic carbocycles. The second kappa shape index (κ2) is 8.33. The lowest BCUT2D eigenvalue weighted by molar-refractivity contribution is 0.415. The summed E-state index contributed by atoms with van der Waals surface area (Å²) in [5.41, 5.74) is 3.46. The van der Waals surface area contributed by atoms with Gasteiger partial charge in [0, 0.05) is 16.3 Å². The van der Waals surface area contributed by atoms with E-state index in [1.165, 1.54) is 16.0 Å². The molecule has 0 bridgehead atoms. The van der Waals surface area contributed by atoms with Crippen molar-refractivity contribution in [3.63, 3.8) is 0 Å². The summed E-state index contributed by atoms with van der Waals surface area (Å²) in [4.78, 5) is 1.30. The highest BCUT2D eigenvalue weighted by Crippen LogP contribution is 2.33. The summed E-state index contributed by atoms with van der Waals surface area (Å²) in [6.45, 7) is 4.39. The Morgan fingerprint density at radius 3 is 2.31 bits per heavy atom. The summed E-state index contributed by atoms with van der Waals surface area (Å²) in [5.74, 6) is 1.79. The lowest BCUT2D eigenvalue weighted by Crippen LogP contribution is -2.34. The van der Waals surface area contributed by atoms with Crippen molar-refractivity contribution >= 4 is 17.4 Å². The Labute approximate surface area is 160 Å². The molecule has 0 saturated heterocycles. The minimum atomic E-state index is -0.190. The molecule has 0 aliphatic heterocycles. The largest absolute Gasteiger partial charge is 0.497 e. The molecule has 1 unspecified atom stereocenters. The van der Waals surface area contributed by atoms with Crippen molar-refractivity contribution < 1.29 is 4.74 Å². The van der Waals surface area contributed by atoms with E-state index in [4.69, 9.17) is 4.74 Å². The number of nitrogens with one attached hydrogen (secondary N) is 1. The second-order valence-electron chi connectivity index (χ2n) is 6.66. The van der Waals surface area contributed by atoms with Crippen LogP contribution in [0.5, 0.6) is 5.75 Å². The molecule has 0 amide bonds. The van der Waals surface area contributed by atoms with Crippen LogP contribution < -0.4 is 10.1 Å². The van der Waals surface area contributed by atoms with Crippen LogP contribution in [0.3, 0.4) is 0 Å². The number of methoxy groups -OCH3 is 1. The van der Waals surface area contributed by atoms with Crippen LogP contribution in [0.15, 0.2) is 83.8 Å². The van der Waals surface area contributed by atoms with Gasteiger partial charge in [-0.15, -0.1) is 11.8 Å². The van der Waals surface area contributed by atoms with Gasteiger partial charge in [-0.25, -0.2) is 0 Å². The van der Waals surface area contributed by atoms with Crippen molar-refractivity contribution in [2.75, 3.05) is 18.2 Å². The number of rotatable bonds is 7. The van der Waals surface area contributed by atoms with Crippen molar-refractivity contribution in [3.8, 4) is 5.75 Å². The average Bonchev–Trinajstić information content (AvgIpc) is 2.68. The number of benzene rings is 3. The van der Waals surface area contributed by atoms with Crippen LogP contribution in [0, 0.1) is 6.92 Å². The maximum Gasteiger partial charge on any atom is 0.119 e. The average molecular weight is 364 g/mol. The number of hydrogen-bond donors (Lipinski definition) is 1. The zero-order valence-corrected chi connectivity index (χ0v) is 16.3. The van der Waals surface area contributed by atoms with Gasteiger partial charge in [0.25, 0.3) is 0 Å². The fourth-order valence-corrected chi connectivity index (χ4v) is 4.06. The summed E-state index contributed by atoms with van der Waals surface area (Å²) in [7, 11) is 1.69. The van der Waals surface area contributed by atoms with Gasteiger partial charge in [-0.1, -0.05) is 48.0 Å². The van der Waals surface area contributed by atoms with Gasteiger partial charge in [0.1, 0.15) is 5.75 Å². The first-order valence-electron chi connectivity index (χ1n) is 8.76. The topological polar surface area (TPSA) is 21.3 Å². The Balaban J connectivity index is 1.83. The van der Waals surface area contributed by atoms with Gasteiger partial charge < -0.3 is 10.1 Å². The summed E-state index contributed by atoms with van der Waals surface area (Å²) in [5, 5.41) is 3.73. The molecule has 1 atom stereocenters. The summed E-state index contributed by atoms with van der Waals surface area (Å²) in [6, 6.07) is 27.4. The van der Waals surface area contributed by atoms with Gasteiger partial charge in [-0.3, -0.25) is 0 Å². The smallest absolute Gasteiger partial charge is 0.119 e. The summed E-state index contributed by atoms with van der Waals surface area (Å²) < 4.78 is 5.27. The highest BCUT2D eigenvalue weighted by molar-refractivity contribution is 7.99. The molecule has 0 radical (unpaired) electrons. The fraction of sp³-hybridized carbons (Fsp3) is 0.217. The van der Waals surface area contributed by atoms with Gasteiger partial charge in [-0.2, -0.15) is 0 Å². The van der Waals surface area contributed by atoms with Crippen LogP contribution in [0.1, 0.15) is 18.1 Å². The minimum Gasteiger partial charge on any atom is -0.497 e. The van der Waals surface area contributed by atoms with E-state index in [0.29, 0.717) is 0 Å². The molecule has 3 heteroatoms. The monoisotopic (exact) mass is 363 g/mol. The van der Waals surface area contributed by atoms with E-state index in [9.17, 15) is 0 Å². The zero-order chi connectivity index (χ0) is 18.4. The van der Waals surface area contributed by atoms with Crippen molar-refractivity contribution in [3.05, 3.63) is 90.0 Å². The summed E-state index contributed by atoms with van der Waals surface area (Å²) in [6.07, 6.45) is 0. The van der Waals surface area contributed by atoms with E-state index in [2.05, 4.69) is 85.9 Å². The second-order valence-corrected chi connectivity index (χ2v) is 7.71. The van der Waals surface area contributed by atoms with Gasteiger partial charge in [-0.05, 0) is 55.8 Å². The van der Waals surface area contributed by atoms with E-state index >= 15 is 0 Å². The highest BCUT2D eigenvalue weighted by atomic mass is 32.2. The SMILES string of the molecule is COc1ccc(NC(C)(CSc2cccc(C)c2)c2ccccc2)cc1. The Kier molecular flexibility index (Phi) is 5.89. The lowest BCUT2D eigenvalue weighted by Gasteiger charge is -2.32. The summed E-state index contributed by atoms with van der Waals surface area (Å²) >= 11 is 1.88. The first-order valence-corrected chi connectivity index (χ1v) is 9.75. The standard InChI is InChI=1S/C23H25NOS/c1-18-8-7-11-22(16-18)26-17-23(2,19-9-5-4-6-10-19)24-20-12-14-21(25-3)15-13-20/h4-16,24H,17H2,1-3H3. The third kappa shape index (κ3) is 4.61. The maximum absolute atomic E-state index is 5.27. The third-order valence-corrected chi connectivity index (χ3v) is 5.75. The van der Waals surface area contributed by atoms with E-state index in [1.54, 1.807) is 7.11 Å². The van der Waals surface area contributed by atoms with Crippen molar-refractivity contribution in [2.45, 2.75) is 24.3 Å². The molecule has 1 N–H and O–H groups in total. The molecule has 3 aromatic rings. The van der Waals surface area contributed by atoms with Gasteiger partial charge in [0.05, 0.1) is 12.6 Å². The number of ether oxygens (including phenoxy) is 1. The van der Waals surface area contributed by atoms with Gasteiger partial charge in [0.15, 0.2) is 0 Å². The van der Waals surface area contributed by atoms with E-state index < -0.39 is 0 Å². The van der Waals surface area contributed by atoms with Crippen LogP contribution in [0.2, 0.25) is 0 Å². The molecule has 0 spiro atoms.